The van der Waals surface area contributed by atoms with Gasteiger partial charge in [-0.2, -0.15) is 17.7 Å². The Labute approximate surface area is 175 Å². The van der Waals surface area contributed by atoms with Crippen LogP contribution in [0.1, 0.15) is 45.1 Å². The van der Waals surface area contributed by atoms with E-state index >= 15 is 0 Å². The molecule has 2 fully saturated rings. The van der Waals surface area contributed by atoms with Gasteiger partial charge in [-0.25, -0.2) is 9.71 Å². The highest BCUT2D eigenvalue weighted by atomic mass is 32.2. The molecule has 0 aromatic carbocycles. The van der Waals surface area contributed by atoms with E-state index in [1.165, 1.54) is 17.4 Å². The van der Waals surface area contributed by atoms with Crippen LogP contribution in [0.5, 0.6) is 0 Å². The van der Waals surface area contributed by atoms with E-state index in [9.17, 15) is 18.3 Å². The molecule has 1 aliphatic heterocycles. The summed E-state index contributed by atoms with van der Waals surface area (Å²) in [6, 6.07) is 2.89. The molecule has 1 aliphatic carbocycles. The maximum absolute atomic E-state index is 12.7. The maximum atomic E-state index is 12.7. The van der Waals surface area contributed by atoms with E-state index in [-0.39, 0.29) is 17.6 Å². The first-order valence-corrected chi connectivity index (χ1v) is 11.7. The van der Waals surface area contributed by atoms with Crippen molar-refractivity contribution >= 4 is 27.2 Å². The molecule has 2 atom stereocenters. The minimum atomic E-state index is -3.41. The Hall–Kier alpha value is -2.08. The Morgan fingerprint density at radius 3 is 2.60 bits per heavy atom. The largest absolute Gasteiger partial charge is 0.388 e. The minimum absolute atomic E-state index is 0.0317. The van der Waals surface area contributed by atoms with Crippen molar-refractivity contribution in [3.05, 3.63) is 28.7 Å². The number of rotatable bonds is 5. The number of hydrogen-bond donors (Lipinski definition) is 3. The number of fused-ring (bicyclic) bond motifs is 1. The highest BCUT2D eigenvalue weighted by Gasteiger charge is 2.39. The molecule has 0 amide bonds. The maximum Gasteiger partial charge on any atom is 0.279 e. The molecule has 2 aliphatic rings. The third-order valence-corrected chi connectivity index (χ3v) is 7.80. The number of hydrogen-bond acceptors (Lipinski definition) is 7. The van der Waals surface area contributed by atoms with Gasteiger partial charge in [-0.1, -0.05) is 0 Å². The van der Waals surface area contributed by atoms with E-state index in [4.69, 9.17) is 0 Å². The number of pyridine rings is 1. The first-order valence-electron chi connectivity index (χ1n) is 10.3. The van der Waals surface area contributed by atoms with E-state index in [2.05, 4.69) is 20.0 Å². The van der Waals surface area contributed by atoms with Crippen molar-refractivity contribution in [2.24, 2.45) is 0 Å². The van der Waals surface area contributed by atoms with Crippen molar-refractivity contribution in [1.82, 2.24) is 23.6 Å². The fourth-order valence-electron chi connectivity index (χ4n) is 4.50. The van der Waals surface area contributed by atoms with Crippen molar-refractivity contribution in [2.45, 2.75) is 56.7 Å². The minimum Gasteiger partial charge on any atom is -0.388 e. The number of nitrogens with one attached hydrogen (secondary N) is 2. The predicted octanol–water partition coefficient (Wildman–Crippen LogP) is 0.608. The molecule has 0 radical (unpaired) electrons. The molecule has 0 bridgehead atoms. The van der Waals surface area contributed by atoms with Crippen LogP contribution in [0.2, 0.25) is 0 Å². The summed E-state index contributed by atoms with van der Waals surface area (Å²) >= 11 is 0. The van der Waals surface area contributed by atoms with Crippen LogP contribution in [0.15, 0.2) is 23.1 Å². The van der Waals surface area contributed by atoms with Crippen LogP contribution in [-0.2, 0) is 10.2 Å². The van der Waals surface area contributed by atoms with Crippen LogP contribution in [0.3, 0.4) is 0 Å². The summed E-state index contributed by atoms with van der Waals surface area (Å²) in [6.07, 6.45) is 5.14. The number of anilines is 1. The standard InChI is InChI=1S/C19H28N6O4S/c1-19(27)9-3-4-15(19)25-16(26)6-5-13-12-21-18(23-17(13)25)22-14-7-10-24(11-8-14)30(28,29)20-2/h5-6,12,14-15,20,27H,3-4,7-11H2,1-2H3,(H,21,22,23). The Kier molecular flexibility index (Phi) is 5.56. The van der Waals surface area contributed by atoms with Gasteiger partial charge in [-0.05, 0) is 45.1 Å². The molecule has 11 heteroatoms. The molecule has 164 valence electrons. The third kappa shape index (κ3) is 3.94. The summed E-state index contributed by atoms with van der Waals surface area (Å²) in [5.74, 6) is 0.398. The van der Waals surface area contributed by atoms with Crippen molar-refractivity contribution in [2.75, 3.05) is 25.5 Å². The molecule has 1 saturated heterocycles. The number of piperidine rings is 1. The highest BCUT2D eigenvalue weighted by Crippen LogP contribution is 2.39. The van der Waals surface area contributed by atoms with E-state index in [1.807, 2.05) is 0 Å². The van der Waals surface area contributed by atoms with Gasteiger partial charge in [0, 0.05) is 43.8 Å². The SMILES string of the molecule is CNS(=O)(=O)N1CCC(Nc2ncc3ccc(=O)n(C4CCCC4(C)O)c3n2)CC1. The molecule has 2 aromatic rings. The molecule has 2 aromatic heterocycles. The van der Waals surface area contributed by atoms with Gasteiger partial charge >= 0.3 is 0 Å². The lowest BCUT2D eigenvalue weighted by atomic mass is 10.00. The zero-order valence-corrected chi connectivity index (χ0v) is 18.0. The molecule has 0 spiro atoms. The number of nitrogens with zero attached hydrogens (tertiary/aromatic N) is 4. The van der Waals surface area contributed by atoms with Crippen molar-refractivity contribution in [3.63, 3.8) is 0 Å². The molecule has 10 nitrogen and oxygen atoms in total. The second-order valence-corrected chi connectivity index (χ2v) is 10.2. The molecule has 4 rings (SSSR count). The van der Waals surface area contributed by atoms with E-state index < -0.39 is 15.8 Å². The molecule has 3 N–H and O–H groups in total. The fraction of sp³-hybridized carbons (Fsp3) is 0.632. The summed E-state index contributed by atoms with van der Waals surface area (Å²) < 4.78 is 29.2. The Morgan fingerprint density at radius 2 is 1.97 bits per heavy atom. The Balaban J connectivity index is 1.58. The molecule has 1 saturated carbocycles. The predicted molar refractivity (Wildman–Crippen MR) is 114 cm³/mol. The van der Waals surface area contributed by atoms with Gasteiger partial charge in [0.15, 0.2) is 0 Å². The van der Waals surface area contributed by atoms with Crippen LogP contribution in [0.4, 0.5) is 5.95 Å². The van der Waals surface area contributed by atoms with Crippen LogP contribution in [0, 0.1) is 0 Å². The molecule has 2 unspecified atom stereocenters. The van der Waals surface area contributed by atoms with Crippen LogP contribution < -0.4 is 15.6 Å². The van der Waals surface area contributed by atoms with E-state index in [1.54, 1.807) is 23.8 Å². The Morgan fingerprint density at radius 1 is 1.23 bits per heavy atom. The summed E-state index contributed by atoms with van der Waals surface area (Å²) in [5, 5.41) is 14.8. The quantitative estimate of drug-likeness (QED) is 0.626. The highest BCUT2D eigenvalue weighted by molar-refractivity contribution is 7.87. The lowest BCUT2D eigenvalue weighted by Gasteiger charge is -2.31. The second-order valence-electron chi connectivity index (χ2n) is 8.31. The van der Waals surface area contributed by atoms with Gasteiger partial charge in [-0.3, -0.25) is 9.36 Å². The summed E-state index contributed by atoms with van der Waals surface area (Å²) in [4.78, 5) is 21.7. The summed E-state index contributed by atoms with van der Waals surface area (Å²) in [6.45, 7) is 2.58. The van der Waals surface area contributed by atoms with Crippen LogP contribution in [-0.4, -0.2) is 64.1 Å². The molecular formula is C19H28N6O4S. The average molecular weight is 437 g/mol. The molecule has 30 heavy (non-hydrogen) atoms. The first-order chi connectivity index (χ1) is 14.2. The zero-order chi connectivity index (χ0) is 21.5. The Bertz CT molecular complexity index is 1090. The smallest absolute Gasteiger partial charge is 0.279 e. The second kappa shape index (κ2) is 7.88. The lowest BCUT2D eigenvalue weighted by molar-refractivity contribution is 0.0267. The zero-order valence-electron chi connectivity index (χ0n) is 17.2. The average Bonchev–Trinajstić information content (AvgIpc) is 3.07. The monoisotopic (exact) mass is 436 g/mol. The van der Waals surface area contributed by atoms with Gasteiger partial charge < -0.3 is 10.4 Å². The van der Waals surface area contributed by atoms with Crippen molar-refractivity contribution < 1.29 is 13.5 Å². The molecular weight excluding hydrogens is 408 g/mol. The number of aliphatic hydroxyl groups is 1. The normalized spacial score (nSPS) is 26.3. The van der Waals surface area contributed by atoms with E-state index in [0.717, 1.165) is 18.2 Å². The number of aromatic nitrogens is 3. The topological polar surface area (TPSA) is 129 Å². The van der Waals surface area contributed by atoms with Crippen molar-refractivity contribution in [1.29, 1.82) is 0 Å². The van der Waals surface area contributed by atoms with Gasteiger partial charge in [0.05, 0.1) is 11.6 Å². The van der Waals surface area contributed by atoms with Crippen molar-refractivity contribution in [3.8, 4) is 0 Å². The fourth-order valence-corrected chi connectivity index (χ4v) is 5.45. The summed E-state index contributed by atoms with van der Waals surface area (Å²) in [7, 11) is -2.01. The third-order valence-electron chi connectivity index (χ3n) is 6.24. The van der Waals surface area contributed by atoms with E-state index in [0.29, 0.717) is 43.9 Å². The first kappa shape index (κ1) is 21.2. The van der Waals surface area contributed by atoms with Gasteiger partial charge in [0.1, 0.15) is 5.65 Å². The van der Waals surface area contributed by atoms with Gasteiger partial charge in [0.25, 0.3) is 15.8 Å². The summed E-state index contributed by atoms with van der Waals surface area (Å²) in [5.41, 5.74) is -0.644. The molecule has 3 heterocycles. The van der Waals surface area contributed by atoms with Gasteiger partial charge in [0.2, 0.25) is 5.95 Å². The van der Waals surface area contributed by atoms with Crippen LogP contribution in [0.25, 0.3) is 11.0 Å². The lowest BCUT2D eigenvalue weighted by Crippen LogP contribution is -2.46. The van der Waals surface area contributed by atoms with Gasteiger partial charge in [-0.15, -0.1) is 0 Å². The van der Waals surface area contributed by atoms with Crippen LogP contribution >= 0.6 is 0 Å².